The largest absolute Gasteiger partial charge is 0.370 e. The minimum atomic E-state index is -0.177. The lowest BCUT2D eigenvalue weighted by Gasteiger charge is -2.42. The van der Waals surface area contributed by atoms with Crippen molar-refractivity contribution >= 4 is 0 Å². The molecule has 0 saturated carbocycles. The molecule has 0 spiro atoms. The van der Waals surface area contributed by atoms with Gasteiger partial charge < -0.3 is 10.5 Å². The molecular weight excluding hydrogens is 267 g/mol. The number of hydrogen-bond donors (Lipinski definition) is 1. The third-order valence-corrected chi connectivity index (χ3v) is 4.02. The van der Waals surface area contributed by atoms with Crippen molar-refractivity contribution in [2.45, 2.75) is 51.9 Å². The summed E-state index contributed by atoms with van der Waals surface area (Å²) in [7, 11) is 0. The van der Waals surface area contributed by atoms with Crippen LogP contribution >= 0.6 is 0 Å². The van der Waals surface area contributed by atoms with Crippen molar-refractivity contribution in [1.82, 2.24) is 4.90 Å². The van der Waals surface area contributed by atoms with E-state index in [0.29, 0.717) is 5.56 Å². The molecule has 3 nitrogen and oxygen atoms in total. The van der Waals surface area contributed by atoms with E-state index in [4.69, 9.17) is 10.5 Å². The summed E-state index contributed by atoms with van der Waals surface area (Å²) in [5.41, 5.74) is 7.63. The molecule has 0 bridgehead atoms. The van der Waals surface area contributed by atoms with Gasteiger partial charge in [0.15, 0.2) is 0 Å². The second-order valence-electron chi connectivity index (χ2n) is 6.83. The molecule has 4 heteroatoms. The Morgan fingerprint density at radius 3 is 2.81 bits per heavy atom. The van der Waals surface area contributed by atoms with Crippen LogP contribution < -0.4 is 5.73 Å². The molecule has 1 aromatic carbocycles. The lowest BCUT2D eigenvalue weighted by atomic mass is 10.0. The van der Waals surface area contributed by atoms with E-state index in [1.165, 1.54) is 0 Å². The zero-order valence-electron chi connectivity index (χ0n) is 13.5. The molecule has 0 aromatic heterocycles. The van der Waals surface area contributed by atoms with Gasteiger partial charge in [-0.1, -0.05) is 12.1 Å². The van der Waals surface area contributed by atoms with Gasteiger partial charge >= 0.3 is 0 Å². The Hall–Kier alpha value is -0.970. The summed E-state index contributed by atoms with van der Waals surface area (Å²) < 4.78 is 19.5. The van der Waals surface area contributed by atoms with Crippen LogP contribution in [0.4, 0.5) is 4.39 Å². The molecule has 1 heterocycles. The van der Waals surface area contributed by atoms with Crippen LogP contribution in [-0.4, -0.2) is 36.2 Å². The van der Waals surface area contributed by atoms with Crippen LogP contribution in [0.1, 0.15) is 44.4 Å². The lowest BCUT2D eigenvalue weighted by Crippen LogP contribution is -2.52. The molecule has 21 heavy (non-hydrogen) atoms. The van der Waals surface area contributed by atoms with Gasteiger partial charge in [-0.3, -0.25) is 4.90 Å². The fourth-order valence-electron chi connectivity index (χ4n) is 3.08. The maximum atomic E-state index is 13.6. The van der Waals surface area contributed by atoms with Crippen LogP contribution in [-0.2, 0) is 4.74 Å². The Morgan fingerprint density at radius 1 is 1.48 bits per heavy atom. The Morgan fingerprint density at radius 2 is 2.19 bits per heavy atom. The highest BCUT2D eigenvalue weighted by atomic mass is 19.1. The second kappa shape index (κ2) is 6.42. The van der Waals surface area contributed by atoms with Crippen LogP contribution in [0.15, 0.2) is 18.2 Å². The third-order valence-electron chi connectivity index (χ3n) is 4.02. The smallest absolute Gasteiger partial charge is 0.126 e. The number of nitrogens with two attached hydrogens (primary N) is 1. The van der Waals surface area contributed by atoms with Gasteiger partial charge in [0, 0.05) is 25.7 Å². The monoisotopic (exact) mass is 294 g/mol. The molecule has 0 radical (unpaired) electrons. The highest BCUT2D eigenvalue weighted by Crippen LogP contribution is 2.23. The lowest BCUT2D eigenvalue weighted by molar-refractivity contribution is -0.128. The Kier molecular flexibility index (Phi) is 5.02. The molecule has 0 aliphatic carbocycles. The first-order chi connectivity index (χ1) is 9.77. The molecule has 1 aliphatic heterocycles. The molecule has 1 aliphatic rings. The summed E-state index contributed by atoms with van der Waals surface area (Å²) in [6.07, 6.45) is 1.06. The van der Waals surface area contributed by atoms with Crippen LogP contribution in [0.5, 0.6) is 0 Å². The van der Waals surface area contributed by atoms with Crippen molar-refractivity contribution < 1.29 is 9.13 Å². The van der Waals surface area contributed by atoms with E-state index in [-0.39, 0.29) is 23.6 Å². The molecule has 2 atom stereocenters. The molecule has 1 aromatic rings. The van der Waals surface area contributed by atoms with Crippen LogP contribution in [0.3, 0.4) is 0 Å². The molecular formula is C17H27FN2O. The van der Waals surface area contributed by atoms with E-state index in [2.05, 4.69) is 25.7 Å². The van der Waals surface area contributed by atoms with E-state index in [0.717, 1.165) is 31.6 Å². The topological polar surface area (TPSA) is 38.5 Å². The maximum absolute atomic E-state index is 13.6. The Labute approximate surface area is 127 Å². The molecule has 2 rings (SSSR count). The first kappa shape index (κ1) is 16.4. The minimum absolute atomic E-state index is 0.113. The third kappa shape index (κ3) is 4.50. The molecule has 1 saturated heterocycles. The van der Waals surface area contributed by atoms with Gasteiger partial charge in [-0.05, 0) is 51.3 Å². The summed E-state index contributed by atoms with van der Waals surface area (Å²) >= 11 is 0. The van der Waals surface area contributed by atoms with Crippen molar-refractivity contribution in [2.75, 3.05) is 19.6 Å². The van der Waals surface area contributed by atoms with Gasteiger partial charge in [0.05, 0.1) is 11.7 Å². The van der Waals surface area contributed by atoms with E-state index >= 15 is 0 Å². The van der Waals surface area contributed by atoms with E-state index in [1.807, 2.05) is 6.07 Å². The van der Waals surface area contributed by atoms with Gasteiger partial charge in [-0.25, -0.2) is 4.39 Å². The number of benzene rings is 1. The molecule has 2 unspecified atom stereocenters. The van der Waals surface area contributed by atoms with Crippen molar-refractivity contribution in [1.29, 1.82) is 0 Å². The normalized spacial score (nSPS) is 24.0. The van der Waals surface area contributed by atoms with Gasteiger partial charge in [0.25, 0.3) is 0 Å². The van der Waals surface area contributed by atoms with Crippen molar-refractivity contribution in [3.05, 3.63) is 35.1 Å². The standard InChI is InChI=1S/C17H27FN2O/c1-12-5-6-14(9-15(12)18)16(19)7-8-20-10-13(2)21-17(3,4)11-20/h5-6,9,13,16H,7-8,10-11,19H2,1-4H3. The van der Waals surface area contributed by atoms with Crippen molar-refractivity contribution in [3.63, 3.8) is 0 Å². The van der Waals surface area contributed by atoms with E-state index in [1.54, 1.807) is 19.1 Å². The number of morpholine rings is 1. The zero-order valence-corrected chi connectivity index (χ0v) is 13.5. The number of halogens is 1. The van der Waals surface area contributed by atoms with Gasteiger partial charge in [-0.15, -0.1) is 0 Å². The zero-order chi connectivity index (χ0) is 15.6. The van der Waals surface area contributed by atoms with E-state index in [9.17, 15) is 4.39 Å². The first-order valence-corrected chi connectivity index (χ1v) is 7.68. The predicted octanol–water partition coefficient (Wildman–Crippen LogP) is 3.02. The Bertz CT molecular complexity index is 490. The van der Waals surface area contributed by atoms with Gasteiger partial charge in [0.2, 0.25) is 0 Å². The maximum Gasteiger partial charge on any atom is 0.126 e. The molecule has 1 fully saturated rings. The summed E-state index contributed by atoms with van der Waals surface area (Å²) in [5, 5.41) is 0. The number of hydrogen-bond acceptors (Lipinski definition) is 3. The quantitative estimate of drug-likeness (QED) is 0.927. The van der Waals surface area contributed by atoms with Gasteiger partial charge in [-0.2, -0.15) is 0 Å². The molecule has 0 amide bonds. The predicted molar refractivity (Wildman–Crippen MR) is 83.7 cm³/mol. The first-order valence-electron chi connectivity index (χ1n) is 7.68. The van der Waals surface area contributed by atoms with E-state index < -0.39 is 0 Å². The SMILES string of the molecule is Cc1ccc(C(N)CCN2CC(C)OC(C)(C)C2)cc1F. The van der Waals surface area contributed by atoms with Crippen molar-refractivity contribution in [3.8, 4) is 0 Å². The second-order valence-corrected chi connectivity index (χ2v) is 6.83. The molecule has 2 N–H and O–H groups in total. The number of ether oxygens (including phenoxy) is 1. The molecule has 118 valence electrons. The number of rotatable bonds is 4. The highest BCUT2D eigenvalue weighted by molar-refractivity contribution is 5.25. The van der Waals surface area contributed by atoms with Crippen LogP contribution in [0.25, 0.3) is 0 Å². The van der Waals surface area contributed by atoms with Crippen molar-refractivity contribution in [2.24, 2.45) is 5.73 Å². The fraction of sp³-hybridized carbons (Fsp3) is 0.647. The summed E-state index contributed by atoms with van der Waals surface area (Å²) in [4.78, 5) is 2.39. The van der Waals surface area contributed by atoms with Crippen LogP contribution in [0, 0.1) is 12.7 Å². The number of nitrogens with zero attached hydrogens (tertiary/aromatic N) is 1. The van der Waals surface area contributed by atoms with Crippen LogP contribution in [0.2, 0.25) is 0 Å². The highest BCUT2D eigenvalue weighted by Gasteiger charge is 2.31. The summed E-state index contributed by atoms with van der Waals surface area (Å²) in [6, 6.07) is 5.16. The number of aryl methyl sites for hydroxylation is 1. The average molecular weight is 294 g/mol. The minimum Gasteiger partial charge on any atom is -0.370 e. The fourth-order valence-corrected chi connectivity index (χ4v) is 3.08. The summed E-state index contributed by atoms with van der Waals surface area (Å²) in [5.74, 6) is -0.177. The average Bonchev–Trinajstić information content (AvgIpc) is 2.37. The van der Waals surface area contributed by atoms with Gasteiger partial charge in [0.1, 0.15) is 5.82 Å². The Balaban J connectivity index is 1.91. The summed E-state index contributed by atoms with van der Waals surface area (Å²) in [6.45, 7) is 10.8.